The van der Waals surface area contributed by atoms with Gasteiger partial charge < -0.3 is 0 Å². The number of rotatable bonds is 8. The first-order chi connectivity index (χ1) is 13.9. The van der Waals surface area contributed by atoms with Crippen molar-refractivity contribution in [2.24, 2.45) is 0 Å². The Bertz CT molecular complexity index is 1090. The summed E-state index contributed by atoms with van der Waals surface area (Å²) in [6, 6.07) is 14.4. The molecule has 7 nitrogen and oxygen atoms in total. The molecule has 0 bridgehead atoms. The average Bonchev–Trinajstić information content (AvgIpc) is 3.17. The summed E-state index contributed by atoms with van der Waals surface area (Å²) in [5.41, 5.74) is 2.91. The van der Waals surface area contributed by atoms with Crippen LogP contribution in [0.25, 0.3) is 0 Å². The molecule has 0 spiro atoms. The molecule has 0 aliphatic heterocycles. The summed E-state index contributed by atoms with van der Waals surface area (Å²) >= 11 is 0.798. The van der Waals surface area contributed by atoms with E-state index in [1.807, 2.05) is 31.2 Å². The number of aryl methyl sites for hydroxylation is 2. The molecule has 0 radical (unpaired) electrons. The van der Waals surface area contributed by atoms with Crippen molar-refractivity contribution in [1.82, 2.24) is 10.2 Å². The van der Waals surface area contributed by atoms with Crippen LogP contribution < -0.4 is 10.0 Å². The van der Waals surface area contributed by atoms with Gasteiger partial charge in [-0.1, -0.05) is 55.0 Å². The van der Waals surface area contributed by atoms with Crippen LogP contribution in [0.3, 0.4) is 0 Å². The second-order valence-corrected chi connectivity index (χ2v) is 9.38. The monoisotopic (exact) mass is 430 g/mol. The van der Waals surface area contributed by atoms with Crippen molar-refractivity contribution in [2.75, 3.05) is 10.0 Å². The zero-order valence-corrected chi connectivity index (χ0v) is 17.8. The summed E-state index contributed by atoms with van der Waals surface area (Å²) in [4.78, 5) is 12.4. The summed E-state index contributed by atoms with van der Waals surface area (Å²) in [5.74, 6) is -0.362. The van der Waals surface area contributed by atoms with E-state index in [9.17, 15) is 13.2 Å². The summed E-state index contributed by atoms with van der Waals surface area (Å²) < 4.78 is 27.4. The maximum Gasteiger partial charge on any atom is 0.291 e. The molecule has 0 fully saturated rings. The summed E-state index contributed by atoms with van der Waals surface area (Å²) in [5, 5.41) is 10.2. The maximum absolute atomic E-state index is 12.6. The minimum Gasteiger partial charge on any atom is -0.296 e. The number of sulfonamides is 1. The van der Waals surface area contributed by atoms with Crippen LogP contribution in [0.4, 0.5) is 10.8 Å². The lowest BCUT2D eigenvalue weighted by Crippen LogP contribution is -2.13. The molecule has 3 rings (SSSR count). The number of carbonyl (C=O) groups excluding carboxylic acids is 1. The standard InChI is InChI=1S/C20H22N4O3S2/c1-3-4-8-15-10-12-16(13-11-15)24-29(26,27)20-23-22-19(28-20)21-18(25)17-9-6-5-7-14(17)2/h5-7,9-13,24H,3-4,8H2,1-2H3,(H,21,22,25). The van der Waals surface area contributed by atoms with E-state index in [-0.39, 0.29) is 15.4 Å². The van der Waals surface area contributed by atoms with Gasteiger partial charge in [0.25, 0.3) is 20.3 Å². The number of unbranched alkanes of at least 4 members (excludes halogenated alkanes) is 1. The highest BCUT2D eigenvalue weighted by molar-refractivity contribution is 7.94. The second kappa shape index (κ2) is 9.15. The van der Waals surface area contributed by atoms with Gasteiger partial charge in [-0.15, -0.1) is 10.2 Å². The molecule has 1 amide bonds. The summed E-state index contributed by atoms with van der Waals surface area (Å²) in [6.45, 7) is 3.95. The first-order valence-corrected chi connectivity index (χ1v) is 11.5. The molecule has 0 aliphatic carbocycles. The number of hydrogen-bond acceptors (Lipinski definition) is 6. The van der Waals surface area contributed by atoms with Crippen molar-refractivity contribution < 1.29 is 13.2 Å². The zero-order valence-electron chi connectivity index (χ0n) is 16.2. The van der Waals surface area contributed by atoms with E-state index in [4.69, 9.17) is 0 Å². The van der Waals surface area contributed by atoms with Crippen LogP contribution in [-0.2, 0) is 16.4 Å². The van der Waals surface area contributed by atoms with Crippen LogP contribution in [0.15, 0.2) is 52.9 Å². The fourth-order valence-corrected chi connectivity index (χ4v) is 4.64. The van der Waals surface area contributed by atoms with Crippen molar-refractivity contribution >= 4 is 38.1 Å². The number of nitrogens with zero attached hydrogens (tertiary/aromatic N) is 2. The fourth-order valence-electron chi connectivity index (χ4n) is 2.68. The highest BCUT2D eigenvalue weighted by atomic mass is 32.2. The normalized spacial score (nSPS) is 11.2. The Morgan fingerprint density at radius 1 is 1.07 bits per heavy atom. The highest BCUT2D eigenvalue weighted by Gasteiger charge is 2.21. The third-order valence-corrected chi connectivity index (χ3v) is 6.86. The molecule has 2 aromatic carbocycles. The zero-order chi connectivity index (χ0) is 20.9. The molecular formula is C20H22N4O3S2. The molecule has 9 heteroatoms. The summed E-state index contributed by atoms with van der Waals surface area (Å²) in [7, 11) is -3.89. The van der Waals surface area contributed by atoms with Crippen LogP contribution in [-0.4, -0.2) is 24.5 Å². The Balaban J connectivity index is 1.68. The minimum atomic E-state index is -3.89. The molecule has 152 valence electrons. The predicted molar refractivity (Wildman–Crippen MR) is 115 cm³/mol. The average molecular weight is 431 g/mol. The Kier molecular flexibility index (Phi) is 6.60. The van der Waals surface area contributed by atoms with Crippen molar-refractivity contribution in [3.63, 3.8) is 0 Å². The van der Waals surface area contributed by atoms with Crippen LogP contribution in [0.1, 0.15) is 41.3 Å². The van der Waals surface area contributed by atoms with E-state index < -0.39 is 10.0 Å². The Morgan fingerprint density at radius 2 is 1.79 bits per heavy atom. The SMILES string of the molecule is CCCCc1ccc(NS(=O)(=O)c2nnc(NC(=O)c3ccccc3C)s2)cc1. The van der Waals surface area contributed by atoms with Gasteiger partial charge in [-0.2, -0.15) is 8.42 Å². The first-order valence-electron chi connectivity index (χ1n) is 9.21. The second-order valence-electron chi connectivity index (χ2n) is 6.55. The molecule has 0 atom stereocenters. The van der Waals surface area contributed by atoms with E-state index in [0.29, 0.717) is 11.3 Å². The third-order valence-electron chi connectivity index (χ3n) is 4.27. The molecule has 3 aromatic rings. The lowest BCUT2D eigenvalue weighted by molar-refractivity contribution is 0.102. The number of carbonyl (C=O) groups is 1. The molecule has 0 saturated heterocycles. The van der Waals surface area contributed by atoms with Gasteiger partial charge in [0.1, 0.15) is 0 Å². The molecule has 1 aromatic heterocycles. The largest absolute Gasteiger partial charge is 0.296 e. The van der Waals surface area contributed by atoms with Gasteiger partial charge in [0.05, 0.1) is 0 Å². The molecule has 0 aliphatic rings. The van der Waals surface area contributed by atoms with Gasteiger partial charge in [-0.3, -0.25) is 14.8 Å². The molecule has 0 saturated carbocycles. The third kappa shape index (κ3) is 5.39. The minimum absolute atomic E-state index is 0.119. The van der Waals surface area contributed by atoms with Crippen LogP contribution in [0, 0.1) is 6.92 Å². The number of benzene rings is 2. The number of aromatic nitrogens is 2. The quantitative estimate of drug-likeness (QED) is 0.521. The van der Waals surface area contributed by atoms with Gasteiger partial charge in [0.2, 0.25) is 5.13 Å². The fraction of sp³-hybridized carbons (Fsp3) is 0.250. The Morgan fingerprint density at radius 3 is 2.48 bits per heavy atom. The van der Waals surface area contributed by atoms with Gasteiger partial charge in [0.15, 0.2) is 0 Å². The molecule has 29 heavy (non-hydrogen) atoms. The van der Waals surface area contributed by atoms with Crippen molar-refractivity contribution in [3.05, 3.63) is 65.2 Å². The van der Waals surface area contributed by atoms with E-state index in [1.165, 1.54) is 0 Å². The van der Waals surface area contributed by atoms with Crippen molar-refractivity contribution in [3.8, 4) is 0 Å². The van der Waals surface area contributed by atoms with E-state index in [1.54, 1.807) is 24.3 Å². The molecule has 1 heterocycles. The number of nitrogens with one attached hydrogen (secondary N) is 2. The van der Waals surface area contributed by atoms with Crippen LogP contribution in [0.2, 0.25) is 0 Å². The predicted octanol–water partition coefficient (Wildman–Crippen LogP) is 4.24. The van der Waals surface area contributed by atoms with Crippen molar-refractivity contribution in [1.29, 1.82) is 0 Å². The summed E-state index contributed by atoms with van der Waals surface area (Å²) in [6.07, 6.45) is 3.16. The van der Waals surface area contributed by atoms with E-state index in [0.717, 1.165) is 41.7 Å². The van der Waals surface area contributed by atoms with E-state index >= 15 is 0 Å². The van der Waals surface area contributed by atoms with Gasteiger partial charge in [-0.25, -0.2) is 0 Å². The van der Waals surface area contributed by atoms with E-state index in [2.05, 4.69) is 27.2 Å². The lowest BCUT2D eigenvalue weighted by atomic mass is 10.1. The number of anilines is 2. The topological polar surface area (TPSA) is 101 Å². The van der Waals surface area contributed by atoms with Crippen LogP contribution >= 0.6 is 11.3 Å². The number of hydrogen-bond donors (Lipinski definition) is 2. The van der Waals surface area contributed by atoms with Crippen LogP contribution in [0.5, 0.6) is 0 Å². The smallest absolute Gasteiger partial charge is 0.291 e. The molecular weight excluding hydrogens is 408 g/mol. The lowest BCUT2D eigenvalue weighted by Gasteiger charge is -2.06. The number of amides is 1. The molecule has 2 N–H and O–H groups in total. The Labute approximate surface area is 174 Å². The highest BCUT2D eigenvalue weighted by Crippen LogP contribution is 2.23. The van der Waals surface area contributed by atoms with Gasteiger partial charge in [-0.05, 0) is 49.1 Å². The molecule has 0 unspecified atom stereocenters. The first kappa shape index (κ1) is 20.9. The van der Waals surface area contributed by atoms with Gasteiger partial charge in [0, 0.05) is 11.3 Å². The maximum atomic E-state index is 12.6. The Hall–Kier alpha value is -2.78. The van der Waals surface area contributed by atoms with Crippen molar-refractivity contribution in [2.45, 2.75) is 37.4 Å². The van der Waals surface area contributed by atoms with Gasteiger partial charge >= 0.3 is 0 Å².